The molecule has 0 aromatic rings. The maximum absolute atomic E-state index is 11.5. The van der Waals surface area contributed by atoms with Gasteiger partial charge in [-0.3, -0.25) is 19.2 Å². The number of carbonyl (C=O) groups is 4. The van der Waals surface area contributed by atoms with Crippen LogP contribution < -0.4 is 0 Å². The third-order valence-electron chi connectivity index (χ3n) is 2.99. The first-order chi connectivity index (χ1) is 11.0. The van der Waals surface area contributed by atoms with E-state index in [9.17, 15) is 29.4 Å². The number of esters is 2. The van der Waals surface area contributed by atoms with Gasteiger partial charge in [0.15, 0.2) is 22.8 Å². The van der Waals surface area contributed by atoms with Gasteiger partial charge in [0.2, 0.25) is 0 Å². The summed E-state index contributed by atoms with van der Waals surface area (Å²) in [6, 6.07) is 0. The molecule has 8 heteroatoms. The molecular weight excluding hydrogens is 320 g/mol. The van der Waals surface area contributed by atoms with Gasteiger partial charge in [-0.15, -0.1) is 0 Å². The zero-order chi connectivity index (χ0) is 19.0. The van der Waals surface area contributed by atoms with Crippen LogP contribution in [0.1, 0.15) is 26.7 Å². The Hall–Kier alpha value is -2.32. The van der Waals surface area contributed by atoms with Crippen molar-refractivity contribution in [2.45, 2.75) is 37.9 Å². The fraction of sp³-hybridized carbons (Fsp3) is 0.500. The van der Waals surface area contributed by atoms with Crippen molar-refractivity contribution in [1.29, 1.82) is 0 Å². The van der Waals surface area contributed by atoms with E-state index in [-0.39, 0.29) is 12.8 Å². The van der Waals surface area contributed by atoms with Crippen molar-refractivity contribution in [2.75, 3.05) is 13.2 Å². The van der Waals surface area contributed by atoms with Crippen molar-refractivity contribution < 1.29 is 38.9 Å². The molecule has 0 aliphatic rings. The van der Waals surface area contributed by atoms with Crippen LogP contribution in [0.25, 0.3) is 0 Å². The van der Waals surface area contributed by atoms with Gasteiger partial charge in [0, 0.05) is 0 Å². The number of ketones is 2. The monoisotopic (exact) mass is 342 g/mol. The van der Waals surface area contributed by atoms with E-state index in [1.54, 1.807) is 0 Å². The van der Waals surface area contributed by atoms with Crippen molar-refractivity contribution in [1.82, 2.24) is 0 Å². The molecule has 0 saturated carbocycles. The highest BCUT2D eigenvalue weighted by Crippen LogP contribution is 2.09. The van der Waals surface area contributed by atoms with Gasteiger partial charge in [-0.1, -0.05) is 13.2 Å². The van der Waals surface area contributed by atoms with E-state index in [4.69, 9.17) is 9.47 Å². The van der Waals surface area contributed by atoms with Crippen LogP contribution in [0.2, 0.25) is 0 Å². The molecule has 0 saturated heterocycles. The molecule has 0 amide bonds. The van der Waals surface area contributed by atoms with Crippen molar-refractivity contribution in [3.63, 3.8) is 0 Å². The molecule has 2 unspecified atom stereocenters. The maximum Gasteiger partial charge on any atom is 0.306 e. The summed E-state index contributed by atoms with van der Waals surface area (Å²) in [5.74, 6) is -3.05. The van der Waals surface area contributed by atoms with Gasteiger partial charge < -0.3 is 19.7 Å². The first-order valence-corrected chi connectivity index (χ1v) is 7.06. The maximum atomic E-state index is 11.5. The highest BCUT2D eigenvalue weighted by atomic mass is 16.6. The van der Waals surface area contributed by atoms with Gasteiger partial charge in [-0.2, -0.15) is 0 Å². The van der Waals surface area contributed by atoms with Crippen LogP contribution in [0, 0.1) is 0 Å². The molecule has 0 aliphatic heterocycles. The lowest BCUT2D eigenvalue weighted by Gasteiger charge is -2.20. The Kier molecular flexibility index (Phi) is 8.21. The molecule has 0 fully saturated rings. The predicted molar refractivity (Wildman–Crippen MR) is 82.8 cm³/mol. The first kappa shape index (κ1) is 21.7. The van der Waals surface area contributed by atoms with Gasteiger partial charge >= 0.3 is 11.9 Å². The average Bonchev–Trinajstić information content (AvgIpc) is 2.54. The van der Waals surface area contributed by atoms with E-state index in [1.807, 2.05) is 0 Å². The van der Waals surface area contributed by atoms with Crippen LogP contribution in [0.5, 0.6) is 0 Å². The highest BCUT2D eigenvalue weighted by Gasteiger charge is 2.31. The van der Waals surface area contributed by atoms with Crippen LogP contribution in [0.3, 0.4) is 0 Å². The lowest BCUT2D eigenvalue weighted by molar-refractivity contribution is -0.160. The lowest BCUT2D eigenvalue weighted by atomic mass is 10.0. The highest BCUT2D eigenvalue weighted by molar-refractivity contribution is 5.96. The molecule has 2 atom stereocenters. The standard InChI is InChI=1S/C16H22O8/c1-5-11(17)15(3,21)9-23-13(19)7-8-14(20)24-10-16(4,22)12(18)6-2/h5-6,21-22H,1-2,7-10H2,3-4H3. The molecule has 0 aromatic heterocycles. The number of hydrogen-bond acceptors (Lipinski definition) is 8. The van der Waals surface area contributed by atoms with Gasteiger partial charge in [0.05, 0.1) is 12.8 Å². The minimum atomic E-state index is -1.89. The summed E-state index contributed by atoms with van der Waals surface area (Å²) in [6.45, 7) is 7.60. The molecule has 0 aromatic carbocycles. The lowest BCUT2D eigenvalue weighted by Crippen LogP contribution is -2.40. The molecular formula is C16H22O8. The van der Waals surface area contributed by atoms with Crippen molar-refractivity contribution in [3.05, 3.63) is 25.3 Å². The Morgan fingerprint density at radius 3 is 1.38 bits per heavy atom. The number of ether oxygens (including phenoxy) is 2. The molecule has 24 heavy (non-hydrogen) atoms. The van der Waals surface area contributed by atoms with Gasteiger partial charge in [-0.05, 0) is 26.0 Å². The zero-order valence-electron chi connectivity index (χ0n) is 13.7. The average molecular weight is 342 g/mol. The molecule has 8 nitrogen and oxygen atoms in total. The largest absolute Gasteiger partial charge is 0.462 e. The minimum absolute atomic E-state index is 0.352. The Bertz CT molecular complexity index is 482. The summed E-state index contributed by atoms with van der Waals surface area (Å²) in [7, 11) is 0. The van der Waals surface area contributed by atoms with Crippen molar-refractivity contribution >= 4 is 23.5 Å². The summed E-state index contributed by atoms with van der Waals surface area (Å²) >= 11 is 0. The van der Waals surface area contributed by atoms with Gasteiger partial charge in [-0.25, -0.2) is 0 Å². The van der Waals surface area contributed by atoms with E-state index < -0.39 is 47.9 Å². The van der Waals surface area contributed by atoms with Crippen LogP contribution in [0.4, 0.5) is 0 Å². The van der Waals surface area contributed by atoms with E-state index in [0.29, 0.717) is 0 Å². The van der Waals surface area contributed by atoms with Crippen LogP contribution in [0.15, 0.2) is 25.3 Å². The Morgan fingerprint density at radius 2 is 1.12 bits per heavy atom. The van der Waals surface area contributed by atoms with Crippen molar-refractivity contribution in [3.8, 4) is 0 Å². The van der Waals surface area contributed by atoms with Gasteiger partial charge in [0.25, 0.3) is 0 Å². The second kappa shape index (κ2) is 9.09. The molecule has 2 N–H and O–H groups in total. The summed E-state index contributed by atoms with van der Waals surface area (Å²) in [6.07, 6.45) is 1.10. The van der Waals surface area contributed by atoms with Gasteiger partial charge in [0.1, 0.15) is 13.2 Å². The van der Waals surface area contributed by atoms with Crippen LogP contribution in [-0.4, -0.2) is 58.1 Å². The SMILES string of the molecule is C=CC(=O)C(C)(O)COC(=O)CCC(=O)OCC(C)(O)C(=O)C=C. The number of hydrogen-bond donors (Lipinski definition) is 2. The summed E-state index contributed by atoms with van der Waals surface area (Å²) in [5.41, 5.74) is -3.77. The molecule has 134 valence electrons. The first-order valence-electron chi connectivity index (χ1n) is 7.06. The molecule has 0 rings (SSSR count). The van der Waals surface area contributed by atoms with E-state index in [0.717, 1.165) is 26.0 Å². The van der Waals surface area contributed by atoms with E-state index in [1.165, 1.54) is 0 Å². The third kappa shape index (κ3) is 7.30. The summed E-state index contributed by atoms with van der Waals surface area (Å²) in [5, 5.41) is 19.4. The Morgan fingerprint density at radius 1 is 0.833 bits per heavy atom. The number of carbonyl (C=O) groups excluding carboxylic acids is 4. The number of aliphatic hydroxyl groups is 2. The topological polar surface area (TPSA) is 127 Å². The minimum Gasteiger partial charge on any atom is -0.462 e. The fourth-order valence-electron chi connectivity index (χ4n) is 1.37. The fourth-order valence-corrected chi connectivity index (χ4v) is 1.37. The molecule has 0 bridgehead atoms. The Balaban J connectivity index is 4.22. The zero-order valence-corrected chi connectivity index (χ0v) is 13.7. The summed E-state index contributed by atoms with van der Waals surface area (Å²) in [4.78, 5) is 45.5. The third-order valence-corrected chi connectivity index (χ3v) is 2.99. The molecule has 0 radical (unpaired) electrons. The smallest absolute Gasteiger partial charge is 0.306 e. The summed E-state index contributed by atoms with van der Waals surface area (Å²) < 4.78 is 9.40. The Labute approximate surface area is 139 Å². The second-order valence-corrected chi connectivity index (χ2v) is 5.51. The van der Waals surface area contributed by atoms with E-state index in [2.05, 4.69) is 13.2 Å². The van der Waals surface area contributed by atoms with E-state index >= 15 is 0 Å². The quantitative estimate of drug-likeness (QED) is 0.392. The van der Waals surface area contributed by atoms with Crippen molar-refractivity contribution in [2.24, 2.45) is 0 Å². The number of rotatable bonds is 11. The van der Waals surface area contributed by atoms with Crippen LogP contribution in [-0.2, 0) is 28.7 Å². The predicted octanol–water partition coefficient (Wildman–Crippen LogP) is -0.135. The second-order valence-electron chi connectivity index (χ2n) is 5.51. The molecule has 0 aliphatic carbocycles. The van der Waals surface area contributed by atoms with Crippen LogP contribution >= 0.6 is 0 Å². The molecule has 0 spiro atoms. The molecule has 0 heterocycles. The normalized spacial score (nSPS) is 15.3.